The predicted octanol–water partition coefficient (Wildman–Crippen LogP) is 15.1. The molecule has 0 bridgehead atoms. The second-order valence-corrected chi connectivity index (χ2v) is 29.6. The first-order valence-corrected chi connectivity index (χ1v) is 42.3. The summed E-state index contributed by atoms with van der Waals surface area (Å²) in [5, 5.41) is 121. The highest BCUT2D eigenvalue weighted by molar-refractivity contribution is 5.76. The maximum absolute atomic E-state index is 13.5. The van der Waals surface area contributed by atoms with Gasteiger partial charge >= 0.3 is 0 Å². The molecule has 0 aromatic rings. The molecule has 0 aliphatic carbocycles. The maximum atomic E-state index is 13.5. The Balaban J connectivity index is 1.36. The zero-order chi connectivity index (χ0) is 77.4. The third kappa shape index (κ3) is 46.1. The van der Waals surface area contributed by atoms with Crippen LogP contribution >= 0.6 is 0 Å². The average Bonchev–Trinajstić information content (AvgIpc) is 0.781. The summed E-state index contributed by atoms with van der Waals surface area (Å²) in [6.45, 7) is 1.62. The summed E-state index contributed by atoms with van der Waals surface area (Å²) in [5.41, 5.74) is 0. The number of rotatable bonds is 66. The Morgan fingerprint density at radius 3 is 1.05 bits per heavy atom. The average molecular weight is 1510 g/mol. The lowest BCUT2D eigenvalue weighted by Crippen LogP contribution is -2.66. The number of unbranched alkanes of at least 4 members (excludes halogenated alkanes) is 32. The molecule has 12 N–H and O–H groups in total. The molecule has 3 fully saturated rings. The Labute approximate surface area is 646 Å². The standard InChI is InChI=1S/C88H151NO18/c1-3-5-7-9-11-13-15-17-19-21-23-25-27-29-30-31-32-33-34-35-36-37-38-39-40-42-44-46-48-50-52-54-56-58-60-62-64-66-76(94)89-71(72(93)65-63-61-59-57-55-53-51-49-47-45-43-41-28-26-24-22-20-18-16-14-12-10-8-6-4-2)70-102-86-82(100)79(97)84(74(68-91)104-86)107-88-83(101)80(98)85(75(69-92)105-88)106-87-81(99)78(96)77(95)73(67-90)103-87/h5,7,11,13,17,19,23,25,29-30,32-33,35-36,38-39,55,57,63,65,71-75,77-88,90-93,95-101H,3-4,6,8-10,12,14-16,18,20-22,24,26-28,31,34,37,40-54,56,58-62,64,66-70H2,1-2H3,(H,89,94)/b7-5-,13-11-,19-17-,25-23-,30-29-,33-32-,36-35-,39-38-,57-55+,65-63+. The van der Waals surface area contributed by atoms with Gasteiger partial charge in [-0.1, -0.05) is 315 Å². The van der Waals surface area contributed by atoms with Crippen molar-refractivity contribution in [1.82, 2.24) is 5.32 Å². The van der Waals surface area contributed by atoms with E-state index in [1.165, 1.54) is 161 Å². The highest BCUT2D eigenvalue weighted by Gasteiger charge is 2.54. The van der Waals surface area contributed by atoms with Gasteiger partial charge in [-0.25, -0.2) is 0 Å². The molecule has 1 amide bonds. The second kappa shape index (κ2) is 66.8. The molecule has 0 spiro atoms. The number of ether oxygens (including phenoxy) is 6. The van der Waals surface area contributed by atoms with E-state index in [1.807, 2.05) is 6.08 Å². The Bertz CT molecular complexity index is 2410. The molecule has 3 aliphatic rings. The molecule has 3 rings (SSSR count). The molecule has 616 valence electrons. The molecular weight excluding hydrogens is 1360 g/mol. The largest absolute Gasteiger partial charge is 0.394 e. The Morgan fingerprint density at radius 1 is 0.346 bits per heavy atom. The van der Waals surface area contributed by atoms with Gasteiger partial charge in [-0.05, 0) is 96.3 Å². The van der Waals surface area contributed by atoms with Gasteiger partial charge in [0.05, 0.1) is 38.6 Å². The van der Waals surface area contributed by atoms with E-state index in [9.17, 15) is 61.0 Å². The number of hydrogen-bond acceptors (Lipinski definition) is 18. The van der Waals surface area contributed by atoms with Crippen molar-refractivity contribution in [3.05, 3.63) is 122 Å². The van der Waals surface area contributed by atoms with Gasteiger partial charge < -0.3 is 89.9 Å². The van der Waals surface area contributed by atoms with Crippen LogP contribution in [-0.4, -0.2) is 193 Å². The van der Waals surface area contributed by atoms with Crippen LogP contribution in [0.15, 0.2) is 122 Å². The van der Waals surface area contributed by atoms with Crippen molar-refractivity contribution in [1.29, 1.82) is 0 Å². The summed E-state index contributed by atoms with van der Waals surface area (Å²) in [5.74, 6) is -0.289. The lowest BCUT2D eigenvalue weighted by atomic mass is 9.96. The van der Waals surface area contributed by atoms with E-state index in [4.69, 9.17) is 28.4 Å². The van der Waals surface area contributed by atoms with Gasteiger partial charge in [0.15, 0.2) is 18.9 Å². The number of hydrogen-bond donors (Lipinski definition) is 12. The maximum Gasteiger partial charge on any atom is 0.220 e. The van der Waals surface area contributed by atoms with Crippen molar-refractivity contribution in [3.63, 3.8) is 0 Å². The smallest absolute Gasteiger partial charge is 0.220 e. The first-order valence-electron chi connectivity index (χ1n) is 42.3. The van der Waals surface area contributed by atoms with Crippen molar-refractivity contribution in [2.24, 2.45) is 0 Å². The molecular formula is C88H151NO18. The lowest BCUT2D eigenvalue weighted by Gasteiger charge is -2.48. The van der Waals surface area contributed by atoms with Crippen LogP contribution < -0.4 is 5.32 Å². The summed E-state index contributed by atoms with van der Waals surface area (Å²) in [6, 6.07) is -1.00. The number of carbonyl (C=O) groups is 1. The van der Waals surface area contributed by atoms with Crippen LogP contribution in [0.1, 0.15) is 296 Å². The highest BCUT2D eigenvalue weighted by Crippen LogP contribution is 2.33. The van der Waals surface area contributed by atoms with Gasteiger partial charge in [0, 0.05) is 6.42 Å². The molecule has 3 heterocycles. The van der Waals surface area contributed by atoms with Gasteiger partial charge in [-0.15, -0.1) is 0 Å². The molecule has 17 atom stereocenters. The predicted molar refractivity (Wildman–Crippen MR) is 429 cm³/mol. The molecule has 3 saturated heterocycles. The highest BCUT2D eigenvalue weighted by atomic mass is 16.8. The molecule has 0 aromatic heterocycles. The monoisotopic (exact) mass is 1510 g/mol. The minimum atomic E-state index is -1.99. The molecule has 17 unspecified atom stereocenters. The van der Waals surface area contributed by atoms with E-state index in [2.05, 4.69) is 129 Å². The molecule has 0 saturated carbocycles. The Kier molecular flexibility index (Phi) is 60.8. The molecule has 0 radical (unpaired) electrons. The molecule has 107 heavy (non-hydrogen) atoms. The van der Waals surface area contributed by atoms with E-state index in [-0.39, 0.29) is 18.9 Å². The van der Waals surface area contributed by atoms with E-state index in [1.54, 1.807) is 6.08 Å². The number of aliphatic hydroxyl groups is 11. The van der Waals surface area contributed by atoms with Gasteiger partial charge in [0.1, 0.15) is 73.2 Å². The Morgan fingerprint density at radius 2 is 0.654 bits per heavy atom. The van der Waals surface area contributed by atoms with Crippen molar-refractivity contribution in [2.45, 2.75) is 401 Å². The van der Waals surface area contributed by atoms with E-state index in [0.717, 1.165) is 103 Å². The number of aliphatic hydroxyl groups excluding tert-OH is 11. The fourth-order valence-corrected chi connectivity index (χ4v) is 13.5. The zero-order valence-electron chi connectivity index (χ0n) is 66.1. The van der Waals surface area contributed by atoms with E-state index >= 15 is 0 Å². The molecule has 19 heteroatoms. The van der Waals surface area contributed by atoms with Crippen LogP contribution in [0.5, 0.6) is 0 Å². The Hall–Kier alpha value is -3.81. The van der Waals surface area contributed by atoms with Crippen LogP contribution in [0.4, 0.5) is 0 Å². The van der Waals surface area contributed by atoms with Gasteiger partial charge in [-0.3, -0.25) is 4.79 Å². The first-order chi connectivity index (χ1) is 52.3. The molecule has 19 nitrogen and oxygen atoms in total. The minimum Gasteiger partial charge on any atom is -0.394 e. The van der Waals surface area contributed by atoms with Gasteiger partial charge in [0.2, 0.25) is 5.91 Å². The topological polar surface area (TPSA) is 307 Å². The van der Waals surface area contributed by atoms with Gasteiger partial charge in [0.25, 0.3) is 0 Å². The number of amides is 1. The number of nitrogens with one attached hydrogen (secondary N) is 1. The third-order valence-electron chi connectivity index (χ3n) is 20.2. The van der Waals surface area contributed by atoms with Crippen LogP contribution in [0.3, 0.4) is 0 Å². The summed E-state index contributed by atoms with van der Waals surface area (Å²) in [7, 11) is 0. The SMILES string of the molecule is CC/C=C\C/C=C\C/C=C\C/C=C\C/C=C\C/C=C\C/C=C\C/C=C\CCCCCCCCCCCCCCC(=O)NC(COC1OC(CO)C(OC2OC(CO)C(OC3OC(CO)C(O)C(O)C3O)C(O)C2O)C(O)C1O)C(O)/C=C/CC/C=C/CCCCCCCCCCCCCCCCCCCCC. The summed E-state index contributed by atoms with van der Waals surface area (Å²) in [6.07, 6.45) is 67.5. The molecule has 0 aromatic carbocycles. The van der Waals surface area contributed by atoms with Crippen molar-refractivity contribution in [3.8, 4) is 0 Å². The van der Waals surface area contributed by atoms with Crippen LogP contribution in [0, 0.1) is 0 Å². The number of allylic oxidation sites excluding steroid dienone is 19. The normalized spacial score (nSPS) is 26.2. The third-order valence-corrected chi connectivity index (χ3v) is 20.2. The second-order valence-electron chi connectivity index (χ2n) is 29.6. The minimum absolute atomic E-state index is 0.226. The van der Waals surface area contributed by atoms with Gasteiger partial charge in [-0.2, -0.15) is 0 Å². The summed E-state index contributed by atoms with van der Waals surface area (Å²) < 4.78 is 34.5. The summed E-state index contributed by atoms with van der Waals surface area (Å²) in [4.78, 5) is 13.5. The van der Waals surface area contributed by atoms with Crippen LogP contribution in [-0.2, 0) is 33.2 Å². The lowest BCUT2D eigenvalue weighted by molar-refractivity contribution is -0.379. The van der Waals surface area contributed by atoms with Crippen molar-refractivity contribution in [2.75, 3.05) is 26.4 Å². The quantitative estimate of drug-likeness (QED) is 0.0199. The van der Waals surface area contributed by atoms with Crippen molar-refractivity contribution < 1.29 is 89.4 Å². The van der Waals surface area contributed by atoms with E-state index in [0.29, 0.717) is 12.8 Å². The van der Waals surface area contributed by atoms with E-state index < -0.39 is 124 Å². The van der Waals surface area contributed by atoms with Crippen molar-refractivity contribution >= 4 is 5.91 Å². The molecule has 3 aliphatic heterocycles. The number of carbonyl (C=O) groups excluding carboxylic acids is 1. The first kappa shape index (κ1) is 97.4. The fraction of sp³-hybridized carbons (Fsp3) is 0.761. The van der Waals surface area contributed by atoms with Crippen LogP contribution in [0.2, 0.25) is 0 Å². The van der Waals surface area contributed by atoms with Crippen LogP contribution in [0.25, 0.3) is 0 Å². The summed E-state index contributed by atoms with van der Waals surface area (Å²) >= 11 is 0. The fourth-order valence-electron chi connectivity index (χ4n) is 13.5. The zero-order valence-corrected chi connectivity index (χ0v) is 66.1.